The van der Waals surface area contributed by atoms with Crippen LogP contribution in [0, 0.1) is 0 Å². The SMILES string of the molecule is CC1(C)c2ccccc2-c2c3c1cccc3cc1c3ccccc3n(-c3ccc4c5ccccc5n5c6ccccc6nc5c4c3)c21. The fourth-order valence-corrected chi connectivity index (χ4v) is 8.78. The van der Waals surface area contributed by atoms with Gasteiger partial charge in [-0.3, -0.25) is 4.40 Å². The summed E-state index contributed by atoms with van der Waals surface area (Å²) in [4.78, 5) is 5.24. The Balaban J connectivity index is 1.35. The van der Waals surface area contributed by atoms with Crippen LogP contribution in [0.25, 0.3) is 87.7 Å². The van der Waals surface area contributed by atoms with Crippen LogP contribution in [0.4, 0.5) is 0 Å². The molecule has 0 saturated carbocycles. The first kappa shape index (κ1) is 25.3. The van der Waals surface area contributed by atoms with E-state index in [1.165, 1.54) is 71.1 Å². The molecule has 0 radical (unpaired) electrons. The predicted octanol–water partition coefficient (Wildman–Crippen LogP) is 11.4. The van der Waals surface area contributed by atoms with Gasteiger partial charge in [-0.15, -0.1) is 0 Å². The molecule has 0 amide bonds. The summed E-state index contributed by atoms with van der Waals surface area (Å²) >= 11 is 0. The van der Waals surface area contributed by atoms with Crippen LogP contribution >= 0.6 is 0 Å². The van der Waals surface area contributed by atoms with Gasteiger partial charge in [0.25, 0.3) is 0 Å². The molecule has 3 heteroatoms. The molecule has 220 valence electrons. The van der Waals surface area contributed by atoms with E-state index in [1.54, 1.807) is 0 Å². The maximum Gasteiger partial charge on any atom is 0.146 e. The van der Waals surface area contributed by atoms with Crippen LogP contribution in [-0.4, -0.2) is 14.0 Å². The Labute approximate surface area is 270 Å². The fraction of sp³-hybridized carbons (Fsp3) is 0.0682. The lowest BCUT2D eigenvalue weighted by atomic mass is 9.68. The lowest BCUT2D eigenvalue weighted by molar-refractivity contribution is 0.645. The van der Waals surface area contributed by atoms with Crippen molar-refractivity contribution in [1.29, 1.82) is 0 Å². The van der Waals surface area contributed by atoms with Crippen LogP contribution < -0.4 is 0 Å². The van der Waals surface area contributed by atoms with E-state index in [9.17, 15) is 0 Å². The molecular weight excluding hydrogens is 571 g/mol. The molecule has 3 nitrogen and oxygen atoms in total. The van der Waals surface area contributed by atoms with Crippen molar-refractivity contribution in [3.8, 4) is 16.8 Å². The number of hydrogen-bond donors (Lipinski definition) is 0. The highest BCUT2D eigenvalue weighted by Gasteiger charge is 2.35. The van der Waals surface area contributed by atoms with Gasteiger partial charge in [0, 0.05) is 38.2 Å². The molecule has 11 rings (SSSR count). The molecular formula is C44H29N3. The van der Waals surface area contributed by atoms with Gasteiger partial charge >= 0.3 is 0 Å². The Morgan fingerprint density at radius 2 is 1.23 bits per heavy atom. The summed E-state index contributed by atoms with van der Waals surface area (Å²) in [6, 6.07) is 51.4. The number of para-hydroxylation sites is 4. The molecule has 0 spiro atoms. The molecule has 0 fully saturated rings. The number of pyridine rings is 1. The summed E-state index contributed by atoms with van der Waals surface area (Å²) < 4.78 is 4.85. The minimum absolute atomic E-state index is 0.105. The van der Waals surface area contributed by atoms with Gasteiger partial charge in [-0.05, 0) is 75.3 Å². The number of imidazole rings is 1. The molecule has 10 aromatic rings. The average Bonchev–Trinajstić information content (AvgIpc) is 3.67. The third-order valence-corrected chi connectivity index (χ3v) is 10.8. The molecule has 0 aliphatic heterocycles. The highest BCUT2D eigenvalue weighted by molar-refractivity contribution is 6.23. The molecule has 0 saturated heterocycles. The van der Waals surface area contributed by atoms with Gasteiger partial charge in [0.1, 0.15) is 5.65 Å². The van der Waals surface area contributed by atoms with Crippen molar-refractivity contribution in [2.75, 3.05) is 0 Å². The van der Waals surface area contributed by atoms with Crippen LogP contribution in [-0.2, 0) is 5.41 Å². The molecule has 0 N–H and O–H groups in total. The zero-order valence-electron chi connectivity index (χ0n) is 26.1. The predicted molar refractivity (Wildman–Crippen MR) is 197 cm³/mol. The van der Waals surface area contributed by atoms with Crippen molar-refractivity contribution in [1.82, 2.24) is 14.0 Å². The first-order chi connectivity index (χ1) is 23.1. The molecule has 47 heavy (non-hydrogen) atoms. The lowest BCUT2D eigenvalue weighted by Gasteiger charge is -2.35. The Bertz CT molecular complexity index is 2990. The molecule has 1 aliphatic rings. The Morgan fingerprint density at radius 1 is 0.532 bits per heavy atom. The Hall–Kier alpha value is -5.93. The Morgan fingerprint density at radius 3 is 2.11 bits per heavy atom. The number of aromatic nitrogens is 3. The quantitative estimate of drug-likeness (QED) is 0.172. The van der Waals surface area contributed by atoms with Crippen molar-refractivity contribution in [3.63, 3.8) is 0 Å². The largest absolute Gasteiger partial charge is 0.309 e. The van der Waals surface area contributed by atoms with Crippen molar-refractivity contribution < 1.29 is 0 Å². The van der Waals surface area contributed by atoms with E-state index >= 15 is 0 Å². The van der Waals surface area contributed by atoms with Gasteiger partial charge in [0.05, 0.1) is 27.6 Å². The van der Waals surface area contributed by atoms with Gasteiger partial charge in [-0.2, -0.15) is 0 Å². The van der Waals surface area contributed by atoms with Gasteiger partial charge in [0.2, 0.25) is 0 Å². The smallest absolute Gasteiger partial charge is 0.146 e. The van der Waals surface area contributed by atoms with Crippen LogP contribution in [0.3, 0.4) is 0 Å². The zero-order valence-corrected chi connectivity index (χ0v) is 26.1. The molecule has 3 aromatic heterocycles. The van der Waals surface area contributed by atoms with E-state index in [1.807, 2.05) is 0 Å². The molecule has 0 atom stereocenters. The van der Waals surface area contributed by atoms with Crippen LogP contribution in [0.15, 0.2) is 140 Å². The summed E-state index contributed by atoms with van der Waals surface area (Å²) in [5.41, 5.74) is 13.2. The minimum Gasteiger partial charge on any atom is -0.309 e. The van der Waals surface area contributed by atoms with E-state index < -0.39 is 0 Å². The summed E-state index contributed by atoms with van der Waals surface area (Å²) in [6.45, 7) is 4.74. The second-order valence-corrected chi connectivity index (χ2v) is 13.6. The van der Waals surface area contributed by atoms with E-state index in [2.05, 4.69) is 162 Å². The second-order valence-electron chi connectivity index (χ2n) is 13.6. The third-order valence-electron chi connectivity index (χ3n) is 10.8. The highest BCUT2D eigenvalue weighted by Crippen LogP contribution is 2.52. The normalized spacial score (nSPS) is 13.9. The maximum atomic E-state index is 5.24. The van der Waals surface area contributed by atoms with E-state index in [0.29, 0.717) is 0 Å². The number of fused-ring (bicyclic) bond motifs is 14. The molecule has 0 unspecified atom stereocenters. The third kappa shape index (κ3) is 3.09. The maximum absolute atomic E-state index is 5.24. The van der Waals surface area contributed by atoms with Gasteiger partial charge in [-0.1, -0.05) is 111 Å². The van der Waals surface area contributed by atoms with Gasteiger partial charge in [0.15, 0.2) is 0 Å². The summed E-state index contributed by atoms with van der Waals surface area (Å²) in [5.74, 6) is 0. The van der Waals surface area contributed by atoms with E-state index in [-0.39, 0.29) is 5.41 Å². The molecule has 7 aromatic carbocycles. The molecule has 1 aliphatic carbocycles. The summed E-state index contributed by atoms with van der Waals surface area (Å²) in [6.07, 6.45) is 0. The van der Waals surface area contributed by atoms with Crippen LogP contribution in [0.2, 0.25) is 0 Å². The first-order valence-corrected chi connectivity index (χ1v) is 16.4. The number of hydrogen-bond acceptors (Lipinski definition) is 1. The Kier molecular flexibility index (Phi) is 4.66. The number of nitrogens with zero attached hydrogens (tertiary/aromatic N) is 3. The van der Waals surface area contributed by atoms with Crippen molar-refractivity contribution in [2.24, 2.45) is 0 Å². The number of benzene rings is 7. The topological polar surface area (TPSA) is 22.2 Å². The second kappa shape index (κ2) is 8.65. The first-order valence-electron chi connectivity index (χ1n) is 16.4. The van der Waals surface area contributed by atoms with Gasteiger partial charge in [-0.25, -0.2) is 4.98 Å². The van der Waals surface area contributed by atoms with Crippen molar-refractivity contribution in [2.45, 2.75) is 19.3 Å². The highest BCUT2D eigenvalue weighted by atomic mass is 15.0. The van der Waals surface area contributed by atoms with Crippen LogP contribution in [0.5, 0.6) is 0 Å². The summed E-state index contributed by atoms with van der Waals surface area (Å²) in [7, 11) is 0. The lowest BCUT2D eigenvalue weighted by Crippen LogP contribution is -2.23. The monoisotopic (exact) mass is 599 g/mol. The number of rotatable bonds is 1. The van der Waals surface area contributed by atoms with Gasteiger partial charge < -0.3 is 4.57 Å². The minimum atomic E-state index is -0.105. The van der Waals surface area contributed by atoms with E-state index in [0.717, 1.165) is 27.8 Å². The fourth-order valence-electron chi connectivity index (χ4n) is 8.78. The van der Waals surface area contributed by atoms with Crippen LogP contribution in [0.1, 0.15) is 25.0 Å². The molecule has 0 bridgehead atoms. The average molecular weight is 600 g/mol. The standard InChI is InChI=1S/C44H29N3/c1-44(2)34-16-6-3-15-31(34)41-40-26(12-11-17-35(40)44)24-32-30-14-5-8-19-37(30)46(42(32)41)27-22-23-28-29-13-4-9-20-38(29)47-39-21-10-7-18-36(39)45-43(47)33(28)25-27/h3-25H,1-2H3. The van der Waals surface area contributed by atoms with E-state index in [4.69, 9.17) is 4.98 Å². The summed E-state index contributed by atoms with van der Waals surface area (Å²) in [5, 5.41) is 8.81. The van der Waals surface area contributed by atoms with Crippen molar-refractivity contribution in [3.05, 3.63) is 151 Å². The van der Waals surface area contributed by atoms with Crippen molar-refractivity contribution >= 4 is 70.9 Å². The molecule has 3 heterocycles. The zero-order chi connectivity index (χ0) is 31.0.